The lowest BCUT2D eigenvalue weighted by atomic mass is 10.00. The Morgan fingerprint density at radius 1 is 0.962 bits per heavy atom. The van der Waals surface area contributed by atoms with E-state index in [-0.39, 0.29) is 6.04 Å². The maximum Gasteiger partial charge on any atom is 0.227 e. The molecule has 1 fully saturated rings. The van der Waals surface area contributed by atoms with Crippen molar-refractivity contribution >= 4 is 22.7 Å². The van der Waals surface area contributed by atoms with Gasteiger partial charge in [-0.3, -0.25) is 0 Å². The minimum absolute atomic E-state index is 0.184. The minimum Gasteiger partial charge on any atom is -0.363 e. The van der Waals surface area contributed by atoms with E-state index in [1.54, 1.807) is 0 Å². The van der Waals surface area contributed by atoms with E-state index in [4.69, 9.17) is 9.97 Å². The Hall–Kier alpha value is -2.62. The highest BCUT2D eigenvalue weighted by Crippen LogP contribution is 2.28. The molecule has 4 heteroatoms. The monoisotopic (exact) mass is 346 g/mol. The third-order valence-corrected chi connectivity index (χ3v) is 5.31. The van der Waals surface area contributed by atoms with Crippen LogP contribution in [0, 0.1) is 5.92 Å². The maximum atomic E-state index is 4.92. The molecule has 2 heterocycles. The predicted molar refractivity (Wildman–Crippen MR) is 109 cm³/mol. The average molecular weight is 346 g/mol. The second kappa shape index (κ2) is 7.32. The summed E-state index contributed by atoms with van der Waals surface area (Å²) < 4.78 is 0. The van der Waals surface area contributed by atoms with Crippen LogP contribution in [0.25, 0.3) is 10.9 Å². The van der Waals surface area contributed by atoms with Crippen LogP contribution >= 0.6 is 0 Å². The van der Waals surface area contributed by atoms with Crippen LogP contribution in [0.4, 0.5) is 11.8 Å². The summed E-state index contributed by atoms with van der Waals surface area (Å²) in [7, 11) is 0. The van der Waals surface area contributed by atoms with Gasteiger partial charge in [0.15, 0.2) is 0 Å². The SMILES string of the molecule is CC1CCN(c2nc(NC(C)c3ccccc3)c3ccccc3n2)CC1. The molecule has 1 saturated heterocycles. The topological polar surface area (TPSA) is 41.1 Å². The molecule has 2 aromatic carbocycles. The van der Waals surface area contributed by atoms with Gasteiger partial charge in [0.25, 0.3) is 0 Å². The van der Waals surface area contributed by atoms with Crippen molar-refractivity contribution in [3.05, 3.63) is 60.2 Å². The number of anilines is 2. The zero-order chi connectivity index (χ0) is 17.9. The first kappa shape index (κ1) is 16.8. The highest BCUT2D eigenvalue weighted by molar-refractivity contribution is 5.90. The van der Waals surface area contributed by atoms with Crippen molar-refractivity contribution in [3.8, 4) is 0 Å². The van der Waals surface area contributed by atoms with E-state index in [1.807, 2.05) is 18.2 Å². The van der Waals surface area contributed by atoms with Gasteiger partial charge >= 0.3 is 0 Å². The minimum atomic E-state index is 0.184. The van der Waals surface area contributed by atoms with E-state index in [2.05, 4.69) is 60.5 Å². The van der Waals surface area contributed by atoms with Crippen LogP contribution in [0.1, 0.15) is 38.3 Å². The largest absolute Gasteiger partial charge is 0.363 e. The van der Waals surface area contributed by atoms with E-state index in [0.717, 1.165) is 41.7 Å². The fourth-order valence-corrected chi connectivity index (χ4v) is 3.55. The van der Waals surface area contributed by atoms with Gasteiger partial charge < -0.3 is 10.2 Å². The third kappa shape index (κ3) is 3.50. The quantitative estimate of drug-likeness (QED) is 0.718. The van der Waals surface area contributed by atoms with Crippen LogP contribution in [0.2, 0.25) is 0 Å². The van der Waals surface area contributed by atoms with Gasteiger partial charge in [0.2, 0.25) is 5.95 Å². The van der Waals surface area contributed by atoms with E-state index in [9.17, 15) is 0 Å². The van der Waals surface area contributed by atoms with Crippen molar-refractivity contribution in [2.45, 2.75) is 32.7 Å². The third-order valence-electron chi connectivity index (χ3n) is 5.31. The Morgan fingerprint density at radius 2 is 1.65 bits per heavy atom. The molecule has 4 rings (SSSR count). The second-order valence-electron chi connectivity index (χ2n) is 7.34. The van der Waals surface area contributed by atoms with Gasteiger partial charge in [-0.1, -0.05) is 49.4 Å². The smallest absolute Gasteiger partial charge is 0.227 e. The van der Waals surface area contributed by atoms with Gasteiger partial charge in [-0.2, -0.15) is 4.98 Å². The molecule has 0 saturated carbocycles. The number of fused-ring (bicyclic) bond motifs is 1. The van der Waals surface area contributed by atoms with Crippen LogP contribution in [-0.2, 0) is 0 Å². The van der Waals surface area contributed by atoms with Crippen molar-refractivity contribution in [1.29, 1.82) is 0 Å². The Balaban J connectivity index is 1.68. The number of aromatic nitrogens is 2. The van der Waals surface area contributed by atoms with Gasteiger partial charge in [-0.25, -0.2) is 4.98 Å². The standard InChI is InChI=1S/C22H26N4/c1-16-12-14-26(15-13-16)22-24-20-11-7-6-10-19(20)21(25-22)23-17(2)18-8-4-3-5-9-18/h3-11,16-17H,12-15H2,1-2H3,(H,23,24,25). The van der Waals surface area contributed by atoms with E-state index in [1.165, 1.54) is 18.4 Å². The van der Waals surface area contributed by atoms with Crippen molar-refractivity contribution in [2.24, 2.45) is 5.92 Å². The number of hydrogen-bond acceptors (Lipinski definition) is 4. The van der Waals surface area contributed by atoms with E-state index < -0.39 is 0 Å². The second-order valence-corrected chi connectivity index (χ2v) is 7.34. The highest BCUT2D eigenvalue weighted by atomic mass is 15.3. The van der Waals surface area contributed by atoms with Gasteiger partial charge in [0.05, 0.1) is 5.52 Å². The molecule has 0 radical (unpaired) electrons. The van der Waals surface area contributed by atoms with Crippen molar-refractivity contribution < 1.29 is 0 Å². The fourth-order valence-electron chi connectivity index (χ4n) is 3.55. The van der Waals surface area contributed by atoms with E-state index >= 15 is 0 Å². The molecular formula is C22H26N4. The van der Waals surface area contributed by atoms with E-state index in [0.29, 0.717) is 0 Å². The van der Waals surface area contributed by atoms with Crippen LogP contribution in [0.15, 0.2) is 54.6 Å². The summed E-state index contributed by atoms with van der Waals surface area (Å²) >= 11 is 0. The van der Waals surface area contributed by atoms with Crippen LogP contribution in [0.3, 0.4) is 0 Å². The summed E-state index contributed by atoms with van der Waals surface area (Å²) in [4.78, 5) is 12.1. The fraction of sp³-hybridized carbons (Fsp3) is 0.364. The number of piperidine rings is 1. The molecule has 1 aliphatic rings. The Kier molecular flexibility index (Phi) is 4.74. The predicted octanol–water partition coefficient (Wildman–Crippen LogP) is 5.04. The summed E-state index contributed by atoms with van der Waals surface area (Å²) in [6.07, 6.45) is 2.42. The van der Waals surface area contributed by atoms with Crippen molar-refractivity contribution in [3.63, 3.8) is 0 Å². The normalized spacial score (nSPS) is 16.6. The Bertz CT molecular complexity index is 870. The van der Waals surface area contributed by atoms with Gasteiger partial charge in [0, 0.05) is 24.5 Å². The number of rotatable bonds is 4. The van der Waals surface area contributed by atoms with Crippen LogP contribution in [-0.4, -0.2) is 23.1 Å². The van der Waals surface area contributed by atoms with Crippen LogP contribution < -0.4 is 10.2 Å². The first-order valence-corrected chi connectivity index (χ1v) is 9.54. The van der Waals surface area contributed by atoms with Crippen molar-refractivity contribution in [2.75, 3.05) is 23.3 Å². The first-order valence-electron chi connectivity index (χ1n) is 9.54. The number of benzene rings is 2. The molecule has 1 N–H and O–H groups in total. The molecule has 0 spiro atoms. The zero-order valence-electron chi connectivity index (χ0n) is 15.5. The molecule has 1 aliphatic heterocycles. The lowest BCUT2D eigenvalue weighted by Gasteiger charge is -2.30. The van der Waals surface area contributed by atoms with Crippen LogP contribution in [0.5, 0.6) is 0 Å². The number of nitrogens with one attached hydrogen (secondary N) is 1. The molecule has 4 nitrogen and oxygen atoms in total. The van der Waals surface area contributed by atoms with Gasteiger partial charge in [-0.05, 0) is 43.4 Å². The lowest BCUT2D eigenvalue weighted by molar-refractivity contribution is 0.435. The molecule has 0 amide bonds. The summed E-state index contributed by atoms with van der Waals surface area (Å²) in [6.45, 7) is 6.57. The molecular weight excluding hydrogens is 320 g/mol. The summed E-state index contributed by atoms with van der Waals surface area (Å²) in [5, 5.41) is 4.69. The van der Waals surface area contributed by atoms with Crippen molar-refractivity contribution in [1.82, 2.24) is 9.97 Å². The zero-order valence-corrected chi connectivity index (χ0v) is 15.5. The van der Waals surface area contributed by atoms with Gasteiger partial charge in [0.1, 0.15) is 5.82 Å². The number of para-hydroxylation sites is 1. The highest BCUT2D eigenvalue weighted by Gasteiger charge is 2.20. The number of nitrogens with zero attached hydrogens (tertiary/aromatic N) is 3. The molecule has 0 aliphatic carbocycles. The molecule has 0 bridgehead atoms. The summed E-state index contributed by atoms with van der Waals surface area (Å²) in [6, 6.07) is 18.9. The molecule has 134 valence electrons. The summed E-state index contributed by atoms with van der Waals surface area (Å²) in [5.74, 6) is 2.56. The lowest BCUT2D eigenvalue weighted by Crippen LogP contribution is -2.34. The molecule has 3 aromatic rings. The molecule has 1 atom stereocenters. The molecule has 1 aromatic heterocycles. The van der Waals surface area contributed by atoms with Gasteiger partial charge in [-0.15, -0.1) is 0 Å². The Labute approximate surface area is 155 Å². The first-order chi connectivity index (χ1) is 12.7. The maximum absolute atomic E-state index is 4.92. The Morgan fingerprint density at radius 3 is 2.42 bits per heavy atom. The number of hydrogen-bond donors (Lipinski definition) is 1. The molecule has 26 heavy (non-hydrogen) atoms. The summed E-state index contributed by atoms with van der Waals surface area (Å²) in [5.41, 5.74) is 2.25. The average Bonchev–Trinajstić information content (AvgIpc) is 2.69. The molecule has 1 unspecified atom stereocenters.